The number of nitrogens with one attached hydrogen (secondary N) is 1. The molecular weight excluding hydrogens is 206 g/mol. The second-order valence-corrected chi connectivity index (χ2v) is 4.72. The second-order valence-electron chi connectivity index (χ2n) is 3.38. The molecule has 0 aliphatic heterocycles. The molecule has 1 rings (SSSR count). The average molecular weight is 225 g/mol. The van der Waals surface area contributed by atoms with Gasteiger partial charge in [0.2, 0.25) is 0 Å². The van der Waals surface area contributed by atoms with E-state index in [0.717, 1.165) is 13.1 Å². The zero-order chi connectivity index (χ0) is 11.1. The predicted molar refractivity (Wildman–Crippen MR) is 66.3 cm³/mol. The van der Waals surface area contributed by atoms with Crippen molar-refractivity contribution in [2.24, 2.45) is 0 Å². The van der Waals surface area contributed by atoms with Crippen LogP contribution in [0.5, 0.6) is 0 Å². The summed E-state index contributed by atoms with van der Waals surface area (Å²) in [5.74, 6) is 0. The fraction of sp³-hybridized carbons (Fsp3) is 0.500. The third kappa shape index (κ3) is 4.16. The molecule has 1 aromatic heterocycles. The Labute approximate surface area is 96.0 Å². The van der Waals surface area contributed by atoms with Crippen LogP contribution < -0.4 is 5.32 Å². The van der Waals surface area contributed by atoms with Crippen molar-refractivity contribution >= 4 is 11.3 Å². The first-order chi connectivity index (χ1) is 7.27. The minimum absolute atomic E-state index is 0.623. The van der Waals surface area contributed by atoms with Crippen molar-refractivity contribution in [3.63, 3.8) is 0 Å². The Morgan fingerprint density at radius 1 is 1.60 bits per heavy atom. The highest BCUT2D eigenvalue weighted by atomic mass is 32.1. The molecule has 0 radical (unpaired) electrons. The van der Waals surface area contributed by atoms with Crippen molar-refractivity contribution < 1.29 is 4.74 Å². The molecule has 0 amide bonds. The van der Waals surface area contributed by atoms with E-state index in [0.29, 0.717) is 13.2 Å². The molecule has 0 bridgehead atoms. The summed E-state index contributed by atoms with van der Waals surface area (Å²) in [6.45, 7) is 11.2. The lowest BCUT2D eigenvalue weighted by Gasteiger charge is -1.99. The van der Waals surface area contributed by atoms with Gasteiger partial charge in [-0.3, -0.25) is 0 Å². The summed E-state index contributed by atoms with van der Waals surface area (Å²) in [7, 11) is 0. The van der Waals surface area contributed by atoms with Gasteiger partial charge in [0.25, 0.3) is 0 Å². The maximum atomic E-state index is 5.44. The summed E-state index contributed by atoms with van der Waals surface area (Å²) in [5, 5.41) is 3.33. The van der Waals surface area contributed by atoms with Crippen LogP contribution in [0.1, 0.15) is 22.2 Å². The van der Waals surface area contributed by atoms with Crippen LogP contribution in [0.4, 0.5) is 0 Å². The summed E-state index contributed by atoms with van der Waals surface area (Å²) in [6, 6.07) is 2.23. The number of hydrogen-bond acceptors (Lipinski definition) is 3. The van der Waals surface area contributed by atoms with Gasteiger partial charge in [0.1, 0.15) is 0 Å². The summed E-state index contributed by atoms with van der Waals surface area (Å²) < 4.78 is 5.44. The van der Waals surface area contributed by atoms with E-state index in [4.69, 9.17) is 4.74 Å². The third-order valence-corrected chi connectivity index (χ3v) is 3.21. The minimum atomic E-state index is 0.623. The summed E-state index contributed by atoms with van der Waals surface area (Å²) in [5.41, 5.74) is 1.30. The van der Waals surface area contributed by atoms with Crippen LogP contribution in [0.15, 0.2) is 18.7 Å². The molecule has 0 aromatic carbocycles. The van der Waals surface area contributed by atoms with Gasteiger partial charge < -0.3 is 10.1 Å². The molecule has 0 aliphatic rings. The smallest absolute Gasteiger partial charge is 0.0731 e. The van der Waals surface area contributed by atoms with Gasteiger partial charge >= 0.3 is 0 Å². The first-order valence-corrected chi connectivity index (χ1v) is 6.07. The Hall–Kier alpha value is -0.640. The summed E-state index contributed by atoms with van der Waals surface area (Å²) in [6.07, 6.45) is 1.78. The fourth-order valence-electron chi connectivity index (χ4n) is 1.32. The van der Waals surface area contributed by atoms with Gasteiger partial charge in [-0.25, -0.2) is 0 Å². The molecule has 0 fully saturated rings. The lowest BCUT2D eigenvalue weighted by Crippen LogP contribution is -2.10. The fourth-order valence-corrected chi connectivity index (χ4v) is 2.34. The molecule has 3 heteroatoms. The largest absolute Gasteiger partial charge is 0.373 e. The Bertz CT molecular complexity index is 307. The van der Waals surface area contributed by atoms with Gasteiger partial charge in [-0.15, -0.1) is 17.9 Å². The zero-order valence-corrected chi connectivity index (χ0v) is 10.3. The van der Waals surface area contributed by atoms with E-state index in [2.05, 4.69) is 31.8 Å². The van der Waals surface area contributed by atoms with Crippen molar-refractivity contribution in [2.75, 3.05) is 13.2 Å². The first kappa shape index (κ1) is 12.4. The normalized spacial score (nSPS) is 10.5. The Kier molecular flexibility index (Phi) is 5.61. The first-order valence-electron chi connectivity index (χ1n) is 5.25. The summed E-state index contributed by atoms with van der Waals surface area (Å²) in [4.78, 5) is 2.73. The molecule has 0 unspecified atom stereocenters. The summed E-state index contributed by atoms with van der Waals surface area (Å²) >= 11 is 1.84. The minimum Gasteiger partial charge on any atom is -0.373 e. The number of aryl methyl sites for hydroxylation is 1. The molecule has 0 atom stereocenters. The van der Waals surface area contributed by atoms with Gasteiger partial charge in [0.05, 0.1) is 13.2 Å². The van der Waals surface area contributed by atoms with Crippen molar-refractivity contribution in [1.82, 2.24) is 5.32 Å². The molecule has 1 heterocycles. The zero-order valence-electron chi connectivity index (χ0n) is 9.51. The van der Waals surface area contributed by atoms with Crippen LogP contribution in [-0.2, 0) is 17.9 Å². The van der Waals surface area contributed by atoms with Crippen molar-refractivity contribution in [3.05, 3.63) is 34.0 Å². The Morgan fingerprint density at radius 3 is 3.07 bits per heavy atom. The average Bonchev–Trinajstić information content (AvgIpc) is 2.57. The molecule has 2 nitrogen and oxygen atoms in total. The lowest BCUT2D eigenvalue weighted by atomic mass is 10.2. The molecule has 0 spiro atoms. The van der Waals surface area contributed by atoms with Crippen LogP contribution in [0.3, 0.4) is 0 Å². The van der Waals surface area contributed by atoms with E-state index in [1.54, 1.807) is 6.08 Å². The van der Waals surface area contributed by atoms with Crippen LogP contribution in [0.25, 0.3) is 0 Å². The van der Waals surface area contributed by atoms with E-state index in [1.165, 1.54) is 15.3 Å². The van der Waals surface area contributed by atoms with E-state index in [-0.39, 0.29) is 0 Å². The highest BCUT2D eigenvalue weighted by Crippen LogP contribution is 2.22. The van der Waals surface area contributed by atoms with Crippen LogP contribution >= 0.6 is 11.3 Å². The van der Waals surface area contributed by atoms with Gasteiger partial charge in [-0.2, -0.15) is 0 Å². The maximum Gasteiger partial charge on any atom is 0.0731 e. The number of thiophene rings is 1. The molecule has 0 saturated heterocycles. The second kappa shape index (κ2) is 6.77. The molecule has 1 N–H and O–H groups in total. The number of hydrogen-bond donors (Lipinski definition) is 1. The lowest BCUT2D eigenvalue weighted by molar-refractivity contribution is 0.149. The van der Waals surface area contributed by atoms with E-state index < -0.39 is 0 Å². The van der Waals surface area contributed by atoms with Crippen molar-refractivity contribution in [2.45, 2.75) is 27.0 Å². The van der Waals surface area contributed by atoms with Crippen LogP contribution in [-0.4, -0.2) is 13.2 Å². The van der Waals surface area contributed by atoms with E-state index >= 15 is 0 Å². The maximum absolute atomic E-state index is 5.44. The Morgan fingerprint density at radius 2 is 2.40 bits per heavy atom. The topological polar surface area (TPSA) is 21.3 Å². The monoisotopic (exact) mass is 225 g/mol. The standard InChI is InChI=1S/C12H19NOS/c1-4-6-14-9-11-7-12(8-13-5-2)15-10(11)3/h4,7,13H,1,5-6,8-9H2,2-3H3. The van der Waals surface area contributed by atoms with Crippen LogP contribution in [0, 0.1) is 6.92 Å². The molecular formula is C12H19NOS. The van der Waals surface area contributed by atoms with Gasteiger partial charge in [0, 0.05) is 16.3 Å². The highest BCUT2D eigenvalue weighted by molar-refractivity contribution is 7.12. The Balaban J connectivity index is 2.48. The van der Waals surface area contributed by atoms with Crippen molar-refractivity contribution in [3.8, 4) is 0 Å². The number of ether oxygens (including phenoxy) is 1. The van der Waals surface area contributed by atoms with Gasteiger partial charge in [0.15, 0.2) is 0 Å². The third-order valence-electron chi connectivity index (χ3n) is 2.11. The molecule has 84 valence electrons. The molecule has 1 aromatic rings. The highest BCUT2D eigenvalue weighted by Gasteiger charge is 2.04. The van der Waals surface area contributed by atoms with E-state index in [1.807, 2.05) is 11.3 Å². The predicted octanol–water partition coefficient (Wildman–Crippen LogP) is 2.87. The van der Waals surface area contributed by atoms with E-state index in [9.17, 15) is 0 Å². The SMILES string of the molecule is C=CCOCc1cc(CNCC)sc1C. The van der Waals surface area contributed by atoms with Crippen LogP contribution in [0.2, 0.25) is 0 Å². The van der Waals surface area contributed by atoms with Gasteiger partial charge in [-0.05, 0) is 25.1 Å². The van der Waals surface area contributed by atoms with Gasteiger partial charge in [-0.1, -0.05) is 13.0 Å². The molecule has 15 heavy (non-hydrogen) atoms. The molecule has 0 saturated carbocycles. The quantitative estimate of drug-likeness (QED) is 0.569. The number of rotatable bonds is 7. The molecule has 0 aliphatic carbocycles. The van der Waals surface area contributed by atoms with Crippen molar-refractivity contribution in [1.29, 1.82) is 0 Å².